The molecule has 2 amide bonds. The minimum absolute atomic E-state index is 0.0728. The Morgan fingerprint density at radius 1 is 1.50 bits per heavy atom. The molecule has 0 saturated carbocycles. The Labute approximate surface area is 96.7 Å². The lowest BCUT2D eigenvalue weighted by Gasteiger charge is -2.25. The van der Waals surface area contributed by atoms with Gasteiger partial charge < -0.3 is 10.2 Å². The topological polar surface area (TPSA) is 45.2 Å². The smallest absolute Gasteiger partial charge is 0.317 e. The van der Waals surface area contributed by atoms with Gasteiger partial charge in [0.15, 0.2) is 0 Å². The van der Waals surface area contributed by atoms with E-state index in [-0.39, 0.29) is 11.6 Å². The second kappa shape index (κ2) is 4.96. The first-order valence-electron chi connectivity index (χ1n) is 5.31. The fraction of sp³-hybridized carbons (Fsp3) is 0.500. The van der Waals surface area contributed by atoms with E-state index in [1.807, 2.05) is 32.9 Å². The summed E-state index contributed by atoms with van der Waals surface area (Å²) in [5, 5.41) is 2.91. The van der Waals surface area contributed by atoms with E-state index in [1.165, 1.54) is 0 Å². The number of hydrogen-bond acceptors (Lipinski definition) is 2. The lowest BCUT2D eigenvalue weighted by molar-refractivity contribution is 0.197. The zero-order valence-electron chi connectivity index (χ0n) is 10.3. The van der Waals surface area contributed by atoms with Crippen LogP contribution in [0.2, 0.25) is 0 Å². The minimum Gasteiger partial charge on any atom is -0.333 e. The van der Waals surface area contributed by atoms with Crippen LogP contribution in [-0.2, 0) is 6.54 Å². The third-order valence-corrected chi connectivity index (χ3v) is 1.97. The van der Waals surface area contributed by atoms with Crippen LogP contribution in [0.3, 0.4) is 0 Å². The van der Waals surface area contributed by atoms with Crippen molar-refractivity contribution in [2.24, 2.45) is 0 Å². The molecule has 1 N–H and O–H groups in total. The van der Waals surface area contributed by atoms with Crippen LogP contribution in [0, 0.1) is 0 Å². The summed E-state index contributed by atoms with van der Waals surface area (Å²) >= 11 is 0. The van der Waals surface area contributed by atoms with Gasteiger partial charge in [0.2, 0.25) is 0 Å². The first-order chi connectivity index (χ1) is 7.38. The fourth-order valence-corrected chi connectivity index (χ4v) is 1.25. The third-order valence-electron chi connectivity index (χ3n) is 1.97. The van der Waals surface area contributed by atoms with Gasteiger partial charge in [0.05, 0.1) is 0 Å². The number of carbonyl (C=O) groups excluding carboxylic acids is 1. The molecule has 4 nitrogen and oxygen atoms in total. The van der Waals surface area contributed by atoms with E-state index >= 15 is 0 Å². The summed E-state index contributed by atoms with van der Waals surface area (Å²) < 4.78 is 0. The molecule has 0 bridgehead atoms. The Morgan fingerprint density at radius 3 is 2.69 bits per heavy atom. The monoisotopic (exact) mass is 221 g/mol. The van der Waals surface area contributed by atoms with Crippen LogP contribution in [0.5, 0.6) is 0 Å². The maximum Gasteiger partial charge on any atom is 0.317 e. The summed E-state index contributed by atoms with van der Waals surface area (Å²) in [6.45, 7) is 6.45. The molecule has 0 spiro atoms. The summed E-state index contributed by atoms with van der Waals surface area (Å²) in [6, 6.07) is 3.75. The molecule has 16 heavy (non-hydrogen) atoms. The third kappa shape index (κ3) is 4.29. The molecule has 4 heteroatoms. The number of hydrogen-bond donors (Lipinski definition) is 1. The second-order valence-electron chi connectivity index (χ2n) is 4.90. The van der Waals surface area contributed by atoms with E-state index in [0.717, 1.165) is 5.56 Å². The molecule has 0 saturated heterocycles. The van der Waals surface area contributed by atoms with Crippen molar-refractivity contribution in [2.75, 3.05) is 7.05 Å². The fourth-order valence-electron chi connectivity index (χ4n) is 1.25. The van der Waals surface area contributed by atoms with Crippen molar-refractivity contribution >= 4 is 6.03 Å². The Bertz CT molecular complexity index is 343. The Balaban J connectivity index is 2.53. The van der Waals surface area contributed by atoms with Crippen molar-refractivity contribution in [3.8, 4) is 0 Å². The lowest BCUT2D eigenvalue weighted by atomic mass is 10.1. The van der Waals surface area contributed by atoms with Gasteiger partial charge >= 0.3 is 6.03 Å². The Kier molecular flexibility index (Phi) is 3.88. The zero-order chi connectivity index (χ0) is 12.2. The number of amides is 2. The van der Waals surface area contributed by atoms with E-state index in [4.69, 9.17) is 0 Å². The molecule has 88 valence electrons. The molecule has 0 fully saturated rings. The molecule has 0 radical (unpaired) electrons. The summed E-state index contributed by atoms with van der Waals surface area (Å²) in [6.07, 6.45) is 3.49. The molecule has 0 aliphatic rings. The van der Waals surface area contributed by atoms with Crippen LogP contribution in [0.25, 0.3) is 0 Å². The first kappa shape index (κ1) is 12.5. The number of carbonyl (C=O) groups is 1. The van der Waals surface area contributed by atoms with E-state index < -0.39 is 0 Å². The van der Waals surface area contributed by atoms with Gasteiger partial charge in [0, 0.05) is 31.5 Å². The van der Waals surface area contributed by atoms with Crippen molar-refractivity contribution in [1.82, 2.24) is 15.2 Å². The van der Waals surface area contributed by atoms with Crippen LogP contribution < -0.4 is 5.32 Å². The van der Waals surface area contributed by atoms with Crippen LogP contribution >= 0.6 is 0 Å². The second-order valence-corrected chi connectivity index (χ2v) is 4.90. The molecule has 1 aromatic heterocycles. The van der Waals surface area contributed by atoms with Crippen molar-refractivity contribution < 1.29 is 4.79 Å². The number of nitrogens with one attached hydrogen (secondary N) is 1. The van der Waals surface area contributed by atoms with Crippen molar-refractivity contribution in [2.45, 2.75) is 32.9 Å². The van der Waals surface area contributed by atoms with Crippen LogP contribution in [-0.4, -0.2) is 28.5 Å². The van der Waals surface area contributed by atoms with E-state index in [1.54, 1.807) is 24.3 Å². The molecular weight excluding hydrogens is 202 g/mol. The highest BCUT2D eigenvalue weighted by Gasteiger charge is 2.16. The number of pyridine rings is 1. The normalized spacial score (nSPS) is 11.0. The molecule has 0 aliphatic carbocycles. The molecular formula is C12H19N3O. The predicted octanol–water partition coefficient (Wildman–Crippen LogP) is 2.02. The SMILES string of the molecule is CN(Cc1cccnc1)C(=O)NC(C)(C)C. The minimum atomic E-state index is -0.208. The highest BCUT2D eigenvalue weighted by atomic mass is 16.2. The molecule has 1 heterocycles. The lowest BCUT2D eigenvalue weighted by Crippen LogP contribution is -2.46. The molecule has 0 unspecified atom stereocenters. The van der Waals surface area contributed by atoms with Gasteiger partial charge in [-0.3, -0.25) is 4.98 Å². The van der Waals surface area contributed by atoms with Gasteiger partial charge in [-0.1, -0.05) is 6.07 Å². The zero-order valence-corrected chi connectivity index (χ0v) is 10.3. The first-order valence-corrected chi connectivity index (χ1v) is 5.31. The standard InChI is InChI=1S/C12H19N3O/c1-12(2,3)14-11(16)15(4)9-10-6-5-7-13-8-10/h5-8H,9H2,1-4H3,(H,14,16). The van der Waals surface area contributed by atoms with Gasteiger partial charge in [0.25, 0.3) is 0 Å². The van der Waals surface area contributed by atoms with Crippen molar-refractivity contribution in [1.29, 1.82) is 0 Å². The molecule has 1 rings (SSSR count). The average molecular weight is 221 g/mol. The van der Waals surface area contributed by atoms with Crippen LogP contribution in [0.4, 0.5) is 4.79 Å². The van der Waals surface area contributed by atoms with Gasteiger partial charge in [-0.05, 0) is 32.4 Å². The van der Waals surface area contributed by atoms with E-state index in [2.05, 4.69) is 10.3 Å². The summed E-state index contributed by atoms with van der Waals surface area (Å²) in [4.78, 5) is 17.4. The summed E-state index contributed by atoms with van der Waals surface area (Å²) in [5.74, 6) is 0. The number of nitrogens with zero attached hydrogens (tertiary/aromatic N) is 2. The summed E-state index contributed by atoms with van der Waals surface area (Å²) in [7, 11) is 1.77. The summed E-state index contributed by atoms with van der Waals surface area (Å²) in [5.41, 5.74) is 0.814. The molecule has 0 atom stereocenters. The Hall–Kier alpha value is -1.58. The van der Waals surface area contributed by atoms with Crippen LogP contribution in [0.15, 0.2) is 24.5 Å². The highest BCUT2D eigenvalue weighted by molar-refractivity contribution is 5.74. The number of urea groups is 1. The van der Waals surface area contributed by atoms with E-state index in [0.29, 0.717) is 6.54 Å². The van der Waals surface area contributed by atoms with Crippen molar-refractivity contribution in [3.63, 3.8) is 0 Å². The largest absolute Gasteiger partial charge is 0.333 e. The van der Waals surface area contributed by atoms with Gasteiger partial charge in [-0.15, -0.1) is 0 Å². The molecule has 1 aromatic rings. The van der Waals surface area contributed by atoms with Crippen molar-refractivity contribution in [3.05, 3.63) is 30.1 Å². The molecule has 0 aliphatic heterocycles. The van der Waals surface area contributed by atoms with Crippen LogP contribution in [0.1, 0.15) is 26.3 Å². The highest BCUT2D eigenvalue weighted by Crippen LogP contribution is 2.04. The van der Waals surface area contributed by atoms with E-state index in [9.17, 15) is 4.79 Å². The maximum atomic E-state index is 11.8. The number of aromatic nitrogens is 1. The van der Waals surface area contributed by atoms with Gasteiger partial charge in [-0.2, -0.15) is 0 Å². The van der Waals surface area contributed by atoms with Gasteiger partial charge in [-0.25, -0.2) is 4.79 Å². The Morgan fingerprint density at radius 2 is 2.19 bits per heavy atom. The maximum absolute atomic E-state index is 11.8. The molecule has 0 aromatic carbocycles. The van der Waals surface area contributed by atoms with Gasteiger partial charge in [0.1, 0.15) is 0 Å². The predicted molar refractivity (Wildman–Crippen MR) is 64.0 cm³/mol. The quantitative estimate of drug-likeness (QED) is 0.830. The average Bonchev–Trinajstić information content (AvgIpc) is 2.16. The number of rotatable bonds is 2.